The van der Waals surface area contributed by atoms with Crippen molar-refractivity contribution in [3.05, 3.63) is 82.6 Å². The van der Waals surface area contributed by atoms with Crippen LogP contribution in [0.2, 0.25) is 0 Å². The third-order valence-electron chi connectivity index (χ3n) is 4.07. The van der Waals surface area contributed by atoms with Gasteiger partial charge in [-0.1, -0.05) is 48.5 Å². The van der Waals surface area contributed by atoms with Gasteiger partial charge in [-0.3, -0.25) is 15.0 Å². The fraction of sp³-hybridized carbons (Fsp3) is 0. The monoisotopic (exact) mass is 339 g/mol. The number of benzene rings is 3. The second kappa shape index (κ2) is 6.49. The van der Waals surface area contributed by atoms with E-state index in [2.05, 4.69) is 26.5 Å². The molecule has 0 fully saturated rings. The van der Waals surface area contributed by atoms with Gasteiger partial charge in [0.15, 0.2) is 5.69 Å². The maximum Gasteiger partial charge on any atom is 0.292 e. The van der Waals surface area contributed by atoms with Crippen molar-refractivity contribution in [1.82, 2.24) is 10.2 Å². The van der Waals surface area contributed by atoms with Crippen LogP contribution < -0.4 is 5.56 Å². The van der Waals surface area contributed by atoms with Crippen molar-refractivity contribution in [2.24, 2.45) is 10.2 Å². The molecule has 3 aromatic carbocycles. The number of hydrogen-bond acceptors (Lipinski definition) is 4. The fourth-order valence-corrected chi connectivity index (χ4v) is 2.76. The highest BCUT2D eigenvalue weighted by molar-refractivity contribution is 5.88. The summed E-state index contributed by atoms with van der Waals surface area (Å²) < 4.78 is 0. The van der Waals surface area contributed by atoms with E-state index >= 15 is 0 Å². The quantitative estimate of drug-likeness (QED) is 0.524. The van der Waals surface area contributed by atoms with E-state index in [1.54, 1.807) is 24.3 Å². The van der Waals surface area contributed by atoms with Crippen molar-refractivity contribution in [2.45, 2.75) is 0 Å². The van der Waals surface area contributed by atoms with Gasteiger partial charge in [0.05, 0.1) is 11.3 Å². The summed E-state index contributed by atoms with van der Waals surface area (Å²) in [6, 6.07) is 22.8. The SMILES string of the molecule is N#Cc1ccccc1N=Nc1c(-c2ccc3ccccc3c2)[nH][nH]c1=O. The zero-order valence-electron chi connectivity index (χ0n) is 13.6. The highest BCUT2D eigenvalue weighted by Crippen LogP contribution is 2.29. The summed E-state index contributed by atoms with van der Waals surface area (Å²) in [5.41, 5.74) is 2.00. The molecule has 0 atom stereocenters. The molecule has 0 saturated heterocycles. The van der Waals surface area contributed by atoms with E-state index < -0.39 is 0 Å². The third-order valence-corrected chi connectivity index (χ3v) is 4.07. The standard InChI is InChI=1S/C20H13N5O/c21-12-16-7-3-4-8-17(16)22-24-19-18(23-25-20(19)26)15-10-9-13-5-1-2-6-14(13)11-15/h1-11H,(H2,23,25,26). The number of azo groups is 1. The molecule has 0 bridgehead atoms. The van der Waals surface area contributed by atoms with Gasteiger partial charge in [0.1, 0.15) is 11.8 Å². The molecular formula is C20H13N5O. The van der Waals surface area contributed by atoms with Crippen LogP contribution in [0.3, 0.4) is 0 Å². The molecule has 6 nitrogen and oxygen atoms in total. The second-order valence-corrected chi connectivity index (χ2v) is 5.69. The molecule has 4 aromatic rings. The molecule has 0 saturated carbocycles. The minimum Gasteiger partial charge on any atom is -0.295 e. The van der Waals surface area contributed by atoms with Gasteiger partial charge in [-0.2, -0.15) is 5.26 Å². The van der Waals surface area contributed by atoms with E-state index in [1.165, 1.54) is 0 Å². The van der Waals surface area contributed by atoms with Gasteiger partial charge in [0, 0.05) is 5.56 Å². The van der Waals surface area contributed by atoms with Crippen LogP contribution in [0.15, 0.2) is 81.8 Å². The van der Waals surface area contributed by atoms with E-state index in [4.69, 9.17) is 5.26 Å². The molecule has 0 aliphatic carbocycles. The summed E-state index contributed by atoms with van der Waals surface area (Å²) in [7, 11) is 0. The summed E-state index contributed by atoms with van der Waals surface area (Å²) in [4.78, 5) is 12.1. The van der Waals surface area contributed by atoms with E-state index in [0.29, 0.717) is 16.9 Å². The first kappa shape index (κ1) is 15.5. The molecule has 0 amide bonds. The number of nitrogens with one attached hydrogen (secondary N) is 2. The summed E-state index contributed by atoms with van der Waals surface area (Å²) in [6.07, 6.45) is 0. The number of aromatic nitrogens is 2. The first-order chi connectivity index (χ1) is 12.8. The zero-order chi connectivity index (χ0) is 17.9. The maximum atomic E-state index is 12.1. The molecule has 0 radical (unpaired) electrons. The summed E-state index contributed by atoms with van der Waals surface area (Å²) >= 11 is 0. The largest absolute Gasteiger partial charge is 0.295 e. The van der Waals surface area contributed by atoms with E-state index in [-0.39, 0.29) is 11.2 Å². The second-order valence-electron chi connectivity index (χ2n) is 5.69. The molecule has 0 unspecified atom stereocenters. The summed E-state index contributed by atoms with van der Waals surface area (Å²) in [5.74, 6) is 0. The Bertz CT molecular complexity index is 1230. The van der Waals surface area contributed by atoms with E-state index in [0.717, 1.165) is 16.3 Å². The third kappa shape index (κ3) is 2.78. The molecule has 0 aliphatic rings. The Hall–Kier alpha value is -3.98. The number of rotatable bonds is 3. The molecule has 124 valence electrons. The fourth-order valence-electron chi connectivity index (χ4n) is 2.76. The van der Waals surface area contributed by atoms with Crippen LogP contribution in [0.4, 0.5) is 11.4 Å². The van der Waals surface area contributed by atoms with Gasteiger partial charge >= 0.3 is 0 Å². The Morgan fingerprint density at radius 2 is 1.62 bits per heavy atom. The maximum absolute atomic E-state index is 12.1. The predicted molar refractivity (Wildman–Crippen MR) is 99.7 cm³/mol. The average molecular weight is 339 g/mol. The number of H-pyrrole nitrogens is 2. The van der Waals surface area contributed by atoms with Crippen LogP contribution in [-0.4, -0.2) is 10.2 Å². The topological polar surface area (TPSA) is 97.2 Å². The molecule has 0 spiro atoms. The molecule has 0 aliphatic heterocycles. The van der Waals surface area contributed by atoms with Gasteiger partial charge in [-0.05, 0) is 29.0 Å². The minimum absolute atomic E-state index is 0.174. The number of nitriles is 1. The molecule has 4 rings (SSSR count). The zero-order valence-corrected chi connectivity index (χ0v) is 13.6. The smallest absolute Gasteiger partial charge is 0.292 e. The van der Waals surface area contributed by atoms with Crippen LogP contribution in [0, 0.1) is 11.3 Å². The molecule has 1 heterocycles. The Kier molecular flexibility index (Phi) is 3.88. The van der Waals surface area contributed by atoms with E-state index in [9.17, 15) is 4.79 Å². The van der Waals surface area contributed by atoms with Crippen molar-refractivity contribution >= 4 is 22.1 Å². The normalized spacial score (nSPS) is 11.0. The molecular weight excluding hydrogens is 326 g/mol. The number of fused-ring (bicyclic) bond motifs is 1. The van der Waals surface area contributed by atoms with Gasteiger partial charge in [-0.15, -0.1) is 10.2 Å². The lowest BCUT2D eigenvalue weighted by molar-refractivity contribution is 1.06. The van der Waals surface area contributed by atoms with E-state index in [1.807, 2.05) is 42.5 Å². The van der Waals surface area contributed by atoms with Crippen LogP contribution in [0.5, 0.6) is 0 Å². The van der Waals surface area contributed by atoms with Gasteiger partial charge in [-0.25, -0.2) is 0 Å². The van der Waals surface area contributed by atoms with Crippen molar-refractivity contribution in [1.29, 1.82) is 5.26 Å². The van der Waals surface area contributed by atoms with Crippen LogP contribution >= 0.6 is 0 Å². The van der Waals surface area contributed by atoms with Gasteiger partial charge in [0.25, 0.3) is 5.56 Å². The predicted octanol–water partition coefficient (Wildman–Crippen LogP) is 4.81. The number of nitrogens with zero attached hydrogens (tertiary/aromatic N) is 3. The molecule has 6 heteroatoms. The van der Waals surface area contributed by atoms with Crippen LogP contribution in [0.1, 0.15) is 5.56 Å². The number of hydrogen-bond donors (Lipinski definition) is 2. The summed E-state index contributed by atoms with van der Waals surface area (Å²) in [5, 5.41) is 24.9. The van der Waals surface area contributed by atoms with Gasteiger partial charge in [0.2, 0.25) is 0 Å². The Morgan fingerprint density at radius 1 is 0.846 bits per heavy atom. The highest BCUT2D eigenvalue weighted by atomic mass is 16.1. The van der Waals surface area contributed by atoms with Crippen molar-refractivity contribution in [3.8, 4) is 17.3 Å². The van der Waals surface area contributed by atoms with Crippen LogP contribution in [0.25, 0.3) is 22.0 Å². The summed E-state index contributed by atoms with van der Waals surface area (Å²) in [6.45, 7) is 0. The first-order valence-electron chi connectivity index (χ1n) is 7.97. The van der Waals surface area contributed by atoms with Crippen molar-refractivity contribution < 1.29 is 0 Å². The average Bonchev–Trinajstić information content (AvgIpc) is 3.06. The van der Waals surface area contributed by atoms with Crippen molar-refractivity contribution in [2.75, 3.05) is 0 Å². The Balaban J connectivity index is 1.79. The lowest BCUT2D eigenvalue weighted by Crippen LogP contribution is -1.96. The lowest BCUT2D eigenvalue weighted by atomic mass is 10.0. The minimum atomic E-state index is -0.369. The Morgan fingerprint density at radius 3 is 2.46 bits per heavy atom. The number of aromatic amines is 2. The molecule has 2 N–H and O–H groups in total. The molecule has 26 heavy (non-hydrogen) atoms. The van der Waals surface area contributed by atoms with Crippen LogP contribution in [-0.2, 0) is 0 Å². The highest BCUT2D eigenvalue weighted by Gasteiger charge is 2.12. The first-order valence-corrected chi connectivity index (χ1v) is 7.97. The lowest BCUT2D eigenvalue weighted by Gasteiger charge is -2.02. The molecule has 1 aromatic heterocycles. The van der Waals surface area contributed by atoms with Crippen molar-refractivity contribution in [3.63, 3.8) is 0 Å². The Labute approximate surface area is 148 Å². The van der Waals surface area contributed by atoms with Gasteiger partial charge < -0.3 is 0 Å².